The maximum Gasteiger partial charge on any atom is 0.308 e. The first kappa shape index (κ1) is 13.5. The first-order chi connectivity index (χ1) is 7.42. The second-order valence-electron chi connectivity index (χ2n) is 5.95. The van der Waals surface area contributed by atoms with Gasteiger partial charge in [-0.2, -0.15) is 0 Å². The summed E-state index contributed by atoms with van der Waals surface area (Å²) in [6.07, 6.45) is 3.13. The van der Waals surface area contributed by atoms with Crippen molar-refractivity contribution in [1.29, 1.82) is 0 Å². The Balaban J connectivity index is 2.24. The molecule has 1 fully saturated rings. The molecule has 0 aromatic heterocycles. The van der Waals surface area contributed by atoms with Crippen molar-refractivity contribution in [3.05, 3.63) is 0 Å². The van der Waals surface area contributed by atoms with Crippen LogP contribution >= 0.6 is 0 Å². The Morgan fingerprint density at radius 3 is 2.31 bits per heavy atom. The fourth-order valence-electron chi connectivity index (χ4n) is 2.05. The summed E-state index contributed by atoms with van der Waals surface area (Å²) in [6, 6.07) is 0. The van der Waals surface area contributed by atoms with Gasteiger partial charge in [0.15, 0.2) is 0 Å². The van der Waals surface area contributed by atoms with Crippen LogP contribution in [0.15, 0.2) is 0 Å². The second-order valence-corrected chi connectivity index (χ2v) is 5.95. The van der Waals surface area contributed by atoms with Crippen LogP contribution in [0.2, 0.25) is 0 Å². The minimum atomic E-state index is -0.0320. The standard InChI is InChI=1S/C13H25NO2/c1-13(2,3)7-10-14-8-5-11(6-9-14)12(15)16-4/h11H,5-10H2,1-4H3. The van der Waals surface area contributed by atoms with E-state index >= 15 is 0 Å². The SMILES string of the molecule is COC(=O)C1CCN(CCC(C)(C)C)CC1. The first-order valence-corrected chi connectivity index (χ1v) is 6.22. The Labute approximate surface area is 99.1 Å². The third kappa shape index (κ3) is 4.52. The molecule has 0 aromatic rings. The number of nitrogens with zero attached hydrogens (tertiary/aromatic N) is 1. The predicted molar refractivity (Wildman–Crippen MR) is 65.3 cm³/mol. The second kappa shape index (κ2) is 5.67. The van der Waals surface area contributed by atoms with Gasteiger partial charge >= 0.3 is 5.97 Å². The summed E-state index contributed by atoms with van der Waals surface area (Å²) >= 11 is 0. The molecule has 0 saturated carbocycles. The summed E-state index contributed by atoms with van der Waals surface area (Å²) in [6.45, 7) is 10.0. The van der Waals surface area contributed by atoms with Crippen LogP contribution in [0.5, 0.6) is 0 Å². The molecule has 94 valence electrons. The van der Waals surface area contributed by atoms with E-state index in [1.54, 1.807) is 0 Å². The Kier molecular flexibility index (Phi) is 4.78. The van der Waals surface area contributed by atoms with Crippen LogP contribution in [0.4, 0.5) is 0 Å². The Bertz CT molecular complexity index is 225. The molecule has 3 nitrogen and oxygen atoms in total. The number of hydrogen-bond acceptors (Lipinski definition) is 3. The van der Waals surface area contributed by atoms with Gasteiger partial charge < -0.3 is 9.64 Å². The van der Waals surface area contributed by atoms with E-state index in [4.69, 9.17) is 4.74 Å². The monoisotopic (exact) mass is 227 g/mol. The van der Waals surface area contributed by atoms with E-state index in [0.717, 1.165) is 32.5 Å². The summed E-state index contributed by atoms with van der Waals surface area (Å²) in [5, 5.41) is 0. The van der Waals surface area contributed by atoms with Gasteiger partial charge in [-0.25, -0.2) is 0 Å². The molecule has 1 heterocycles. The molecular formula is C13H25NO2. The molecule has 0 bridgehead atoms. The Morgan fingerprint density at radius 2 is 1.88 bits per heavy atom. The van der Waals surface area contributed by atoms with Crippen LogP contribution in [0, 0.1) is 11.3 Å². The topological polar surface area (TPSA) is 29.5 Å². The van der Waals surface area contributed by atoms with Crippen LogP contribution in [-0.4, -0.2) is 37.6 Å². The molecule has 3 heteroatoms. The van der Waals surface area contributed by atoms with Gasteiger partial charge in [0.1, 0.15) is 0 Å². The summed E-state index contributed by atoms with van der Waals surface area (Å²) in [5.74, 6) is 0.103. The number of methoxy groups -OCH3 is 1. The zero-order valence-corrected chi connectivity index (χ0v) is 11.1. The quantitative estimate of drug-likeness (QED) is 0.693. The van der Waals surface area contributed by atoms with Crippen LogP contribution in [0.25, 0.3) is 0 Å². The highest BCUT2D eigenvalue weighted by atomic mass is 16.5. The molecule has 0 unspecified atom stereocenters. The van der Waals surface area contributed by atoms with Crippen molar-refractivity contribution in [1.82, 2.24) is 4.90 Å². The number of rotatable bonds is 3. The van der Waals surface area contributed by atoms with Crippen LogP contribution in [0.1, 0.15) is 40.0 Å². The molecule has 0 aromatic carbocycles. The average Bonchev–Trinajstić information content (AvgIpc) is 2.25. The maximum atomic E-state index is 11.3. The summed E-state index contributed by atoms with van der Waals surface area (Å²) in [5.41, 5.74) is 0.402. The fraction of sp³-hybridized carbons (Fsp3) is 0.923. The number of hydrogen-bond donors (Lipinski definition) is 0. The summed E-state index contributed by atoms with van der Waals surface area (Å²) in [7, 11) is 1.48. The van der Waals surface area contributed by atoms with Gasteiger partial charge in [0, 0.05) is 0 Å². The number of carbonyl (C=O) groups excluding carboxylic acids is 1. The van der Waals surface area contributed by atoms with Crippen LogP contribution < -0.4 is 0 Å². The van der Waals surface area contributed by atoms with Gasteiger partial charge in [0.05, 0.1) is 13.0 Å². The summed E-state index contributed by atoms with van der Waals surface area (Å²) in [4.78, 5) is 13.8. The van der Waals surface area contributed by atoms with Gasteiger partial charge in [-0.1, -0.05) is 20.8 Å². The van der Waals surface area contributed by atoms with Crippen molar-refractivity contribution in [3.63, 3.8) is 0 Å². The highest BCUT2D eigenvalue weighted by Gasteiger charge is 2.25. The maximum absolute atomic E-state index is 11.3. The lowest BCUT2D eigenvalue weighted by atomic mass is 9.91. The van der Waals surface area contributed by atoms with Crippen molar-refractivity contribution in [2.45, 2.75) is 40.0 Å². The molecule has 0 spiro atoms. The minimum Gasteiger partial charge on any atom is -0.469 e. The van der Waals surface area contributed by atoms with Crippen molar-refractivity contribution in [3.8, 4) is 0 Å². The van der Waals surface area contributed by atoms with E-state index < -0.39 is 0 Å². The van der Waals surface area contributed by atoms with Crippen LogP contribution in [-0.2, 0) is 9.53 Å². The minimum absolute atomic E-state index is 0.0320. The number of carbonyl (C=O) groups is 1. The lowest BCUT2D eigenvalue weighted by Gasteiger charge is -2.32. The smallest absolute Gasteiger partial charge is 0.308 e. The third-order valence-electron chi connectivity index (χ3n) is 3.30. The lowest BCUT2D eigenvalue weighted by molar-refractivity contribution is -0.147. The van der Waals surface area contributed by atoms with Crippen molar-refractivity contribution < 1.29 is 9.53 Å². The van der Waals surface area contributed by atoms with Crippen molar-refractivity contribution in [2.24, 2.45) is 11.3 Å². The van der Waals surface area contributed by atoms with Gasteiger partial charge in [-0.05, 0) is 44.3 Å². The van der Waals surface area contributed by atoms with Gasteiger partial charge in [0.25, 0.3) is 0 Å². The van der Waals surface area contributed by atoms with E-state index in [9.17, 15) is 4.79 Å². The highest BCUT2D eigenvalue weighted by Crippen LogP contribution is 2.22. The van der Waals surface area contributed by atoms with E-state index in [2.05, 4.69) is 25.7 Å². The molecule has 0 N–H and O–H groups in total. The van der Waals surface area contributed by atoms with E-state index in [1.165, 1.54) is 13.5 Å². The highest BCUT2D eigenvalue weighted by molar-refractivity contribution is 5.72. The molecule has 0 atom stereocenters. The third-order valence-corrected chi connectivity index (χ3v) is 3.30. The summed E-state index contributed by atoms with van der Waals surface area (Å²) < 4.78 is 4.78. The van der Waals surface area contributed by atoms with E-state index in [-0.39, 0.29) is 11.9 Å². The van der Waals surface area contributed by atoms with Gasteiger partial charge in [-0.15, -0.1) is 0 Å². The Hall–Kier alpha value is -0.570. The number of ether oxygens (including phenoxy) is 1. The number of likely N-dealkylation sites (tertiary alicyclic amines) is 1. The molecule has 16 heavy (non-hydrogen) atoms. The van der Waals surface area contributed by atoms with E-state index in [1.807, 2.05) is 0 Å². The van der Waals surface area contributed by atoms with Gasteiger partial charge in [0.2, 0.25) is 0 Å². The number of esters is 1. The normalized spacial score (nSPS) is 19.8. The molecule has 0 radical (unpaired) electrons. The predicted octanol–water partition coefficient (Wildman–Crippen LogP) is 2.31. The molecule has 0 amide bonds. The molecule has 1 aliphatic heterocycles. The largest absolute Gasteiger partial charge is 0.469 e. The fourth-order valence-corrected chi connectivity index (χ4v) is 2.05. The first-order valence-electron chi connectivity index (χ1n) is 6.22. The Morgan fingerprint density at radius 1 is 1.31 bits per heavy atom. The molecule has 1 saturated heterocycles. The lowest BCUT2D eigenvalue weighted by Crippen LogP contribution is -2.38. The molecule has 0 aliphatic carbocycles. The van der Waals surface area contributed by atoms with E-state index in [0.29, 0.717) is 5.41 Å². The molecular weight excluding hydrogens is 202 g/mol. The van der Waals surface area contributed by atoms with Crippen LogP contribution in [0.3, 0.4) is 0 Å². The zero-order chi connectivity index (χ0) is 12.2. The average molecular weight is 227 g/mol. The van der Waals surface area contributed by atoms with Crippen molar-refractivity contribution in [2.75, 3.05) is 26.7 Å². The molecule has 1 rings (SSSR count). The number of piperidine rings is 1. The van der Waals surface area contributed by atoms with Crippen molar-refractivity contribution >= 4 is 5.97 Å². The van der Waals surface area contributed by atoms with Gasteiger partial charge in [-0.3, -0.25) is 4.79 Å². The molecule has 1 aliphatic rings. The zero-order valence-electron chi connectivity index (χ0n) is 11.1.